The van der Waals surface area contributed by atoms with Crippen LogP contribution in [0.4, 0.5) is 0 Å². The first-order valence-electron chi connectivity index (χ1n) is 6.80. The minimum atomic E-state index is -2.87. The first-order valence-corrected chi connectivity index (χ1v) is 8.86. The van der Waals surface area contributed by atoms with Gasteiger partial charge in [-0.05, 0) is 44.6 Å². The largest absolute Gasteiger partial charge is 0.396 e. The summed E-state index contributed by atoms with van der Waals surface area (Å²) in [7, 11) is -0.786. The Morgan fingerprint density at radius 2 is 1.83 bits per heavy atom. The van der Waals surface area contributed by atoms with E-state index in [2.05, 4.69) is 11.9 Å². The van der Waals surface area contributed by atoms with Crippen molar-refractivity contribution in [3.05, 3.63) is 0 Å². The first kappa shape index (κ1) is 15.9. The van der Waals surface area contributed by atoms with Crippen LogP contribution in [0.15, 0.2) is 0 Å². The average Bonchev–Trinajstić information content (AvgIpc) is 2.26. The lowest BCUT2D eigenvalue weighted by Gasteiger charge is -2.35. The molecule has 1 atom stereocenters. The van der Waals surface area contributed by atoms with Crippen LogP contribution in [0.3, 0.4) is 0 Å². The van der Waals surface area contributed by atoms with E-state index in [1.165, 1.54) is 6.26 Å². The number of aliphatic hydroxyl groups is 1. The van der Waals surface area contributed by atoms with Gasteiger partial charge in [0, 0.05) is 25.4 Å². The molecule has 0 aliphatic heterocycles. The van der Waals surface area contributed by atoms with E-state index in [9.17, 15) is 8.42 Å². The summed E-state index contributed by atoms with van der Waals surface area (Å²) >= 11 is 0. The number of hydrogen-bond donors (Lipinski definition) is 1. The molecular weight excluding hydrogens is 250 g/mol. The number of aliphatic hydroxyl groups excluding tert-OH is 1. The Kier molecular flexibility index (Phi) is 6.08. The molecule has 0 saturated heterocycles. The van der Waals surface area contributed by atoms with Crippen molar-refractivity contribution in [1.29, 1.82) is 0 Å². The van der Waals surface area contributed by atoms with E-state index >= 15 is 0 Å². The van der Waals surface area contributed by atoms with Crippen molar-refractivity contribution in [3.63, 3.8) is 0 Å². The monoisotopic (exact) mass is 277 g/mol. The zero-order valence-corrected chi connectivity index (χ0v) is 12.6. The zero-order valence-electron chi connectivity index (χ0n) is 11.8. The van der Waals surface area contributed by atoms with E-state index in [0.29, 0.717) is 18.6 Å². The fraction of sp³-hybridized carbons (Fsp3) is 1.00. The molecule has 1 rings (SSSR count). The Hall–Kier alpha value is -0.130. The summed E-state index contributed by atoms with van der Waals surface area (Å²) in [5.41, 5.74) is 0. The van der Waals surface area contributed by atoms with Crippen LogP contribution in [0.2, 0.25) is 0 Å². The number of rotatable bonds is 6. The molecule has 5 heteroatoms. The smallest absolute Gasteiger partial charge is 0.147 e. The second-order valence-corrected chi connectivity index (χ2v) is 8.18. The predicted molar refractivity (Wildman–Crippen MR) is 74.3 cm³/mol. The number of hydrogen-bond acceptors (Lipinski definition) is 4. The van der Waals surface area contributed by atoms with Crippen LogP contribution in [-0.4, -0.2) is 56.7 Å². The lowest BCUT2D eigenvalue weighted by molar-refractivity contribution is 0.121. The maximum absolute atomic E-state index is 11.2. The highest BCUT2D eigenvalue weighted by Crippen LogP contribution is 2.27. The molecule has 0 heterocycles. The van der Waals surface area contributed by atoms with Crippen LogP contribution in [0.1, 0.15) is 32.6 Å². The van der Waals surface area contributed by atoms with Crippen molar-refractivity contribution in [2.75, 3.05) is 32.2 Å². The summed E-state index contributed by atoms with van der Waals surface area (Å²) in [5.74, 6) is 0.923. The van der Waals surface area contributed by atoms with Gasteiger partial charge in [0.05, 0.1) is 5.75 Å². The van der Waals surface area contributed by atoms with Gasteiger partial charge in [-0.25, -0.2) is 8.42 Å². The summed E-state index contributed by atoms with van der Waals surface area (Å²) in [6.07, 6.45) is 5.72. The molecule has 1 unspecified atom stereocenters. The Morgan fingerprint density at radius 3 is 2.28 bits per heavy atom. The van der Waals surface area contributed by atoms with E-state index in [0.717, 1.165) is 32.2 Å². The van der Waals surface area contributed by atoms with E-state index in [4.69, 9.17) is 5.11 Å². The van der Waals surface area contributed by atoms with Gasteiger partial charge in [0.15, 0.2) is 0 Å². The van der Waals surface area contributed by atoms with Gasteiger partial charge in [-0.3, -0.25) is 0 Å². The average molecular weight is 277 g/mol. The molecule has 1 aliphatic rings. The molecule has 0 amide bonds. The maximum Gasteiger partial charge on any atom is 0.147 e. The quantitative estimate of drug-likeness (QED) is 0.791. The number of sulfone groups is 1. The van der Waals surface area contributed by atoms with Crippen LogP contribution >= 0.6 is 0 Å². The third-order valence-corrected chi connectivity index (χ3v) is 5.06. The molecule has 108 valence electrons. The minimum Gasteiger partial charge on any atom is -0.396 e. The molecule has 0 spiro atoms. The van der Waals surface area contributed by atoms with Crippen molar-refractivity contribution in [2.24, 2.45) is 11.8 Å². The lowest BCUT2D eigenvalue weighted by atomic mass is 9.86. The van der Waals surface area contributed by atoms with Gasteiger partial charge in [-0.2, -0.15) is 0 Å². The zero-order chi connectivity index (χ0) is 13.8. The molecule has 1 N–H and O–H groups in total. The van der Waals surface area contributed by atoms with Gasteiger partial charge in [0.2, 0.25) is 0 Å². The van der Waals surface area contributed by atoms with Crippen molar-refractivity contribution in [3.8, 4) is 0 Å². The van der Waals surface area contributed by atoms with Crippen LogP contribution < -0.4 is 0 Å². The van der Waals surface area contributed by atoms with Gasteiger partial charge in [0.25, 0.3) is 0 Å². The summed E-state index contributed by atoms with van der Waals surface area (Å²) in [5, 5.41) is 9.11. The van der Waals surface area contributed by atoms with E-state index in [1.54, 1.807) is 0 Å². The molecule has 0 radical (unpaired) electrons. The summed E-state index contributed by atoms with van der Waals surface area (Å²) in [4.78, 5) is 2.30. The molecule has 4 nitrogen and oxygen atoms in total. The molecule has 0 aromatic carbocycles. The minimum absolute atomic E-state index is 0.181. The Bertz CT molecular complexity index is 334. The van der Waals surface area contributed by atoms with Crippen molar-refractivity contribution < 1.29 is 13.5 Å². The second kappa shape index (κ2) is 6.87. The second-order valence-electron chi connectivity index (χ2n) is 5.99. The predicted octanol–water partition coefficient (Wildman–Crippen LogP) is 1.15. The molecule has 0 aromatic heterocycles. The molecule has 1 saturated carbocycles. The van der Waals surface area contributed by atoms with Gasteiger partial charge in [-0.1, -0.05) is 6.92 Å². The van der Waals surface area contributed by atoms with Crippen LogP contribution in [0.25, 0.3) is 0 Å². The standard InChI is InChI=1S/C13H27NO3S/c1-11(10-18(3,16)17)8-14(2)13-6-4-12(9-15)5-7-13/h11-13,15H,4-10H2,1-3H3. The van der Waals surface area contributed by atoms with Gasteiger partial charge < -0.3 is 10.0 Å². The third-order valence-electron chi connectivity index (χ3n) is 3.88. The van der Waals surface area contributed by atoms with Crippen LogP contribution in [-0.2, 0) is 9.84 Å². The maximum atomic E-state index is 11.2. The van der Waals surface area contributed by atoms with Crippen LogP contribution in [0, 0.1) is 11.8 Å². The van der Waals surface area contributed by atoms with Crippen molar-refractivity contribution >= 4 is 9.84 Å². The van der Waals surface area contributed by atoms with Gasteiger partial charge >= 0.3 is 0 Å². The summed E-state index contributed by atoms with van der Waals surface area (Å²) in [6.45, 7) is 3.14. The van der Waals surface area contributed by atoms with Crippen LogP contribution in [0.5, 0.6) is 0 Å². The Balaban J connectivity index is 2.35. The number of nitrogens with zero attached hydrogens (tertiary/aromatic N) is 1. The van der Waals surface area contributed by atoms with Gasteiger partial charge in [0.1, 0.15) is 9.84 Å². The molecule has 18 heavy (non-hydrogen) atoms. The summed E-state index contributed by atoms with van der Waals surface area (Å²) in [6, 6.07) is 0.551. The fourth-order valence-corrected chi connectivity index (χ4v) is 4.12. The molecule has 1 aliphatic carbocycles. The molecule has 0 bridgehead atoms. The fourth-order valence-electron chi connectivity index (χ4n) is 2.98. The molecular formula is C13H27NO3S. The SMILES string of the molecule is CC(CN(C)C1CCC(CO)CC1)CS(C)(=O)=O. The normalized spacial score (nSPS) is 27.4. The Labute approximate surface area is 111 Å². The molecule has 0 aromatic rings. The van der Waals surface area contributed by atoms with E-state index in [-0.39, 0.29) is 11.7 Å². The topological polar surface area (TPSA) is 57.6 Å². The first-order chi connectivity index (χ1) is 8.31. The highest BCUT2D eigenvalue weighted by molar-refractivity contribution is 7.90. The van der Waals surface area contributed by atoms with Gasteiger partial charge in [-0.15, -0.1) is 0 Å². The lowest BCUT2D eigenvalue weighted by Crippen LogP contribution is -2.39. The van der Waals surface area contributed by atoms with E-state index in [1.807, 2.05) is 6.92 Å². The third kappa shape index (κ3) is 5.67. The molecule has 1 fully saturated rings. The van der Waals surface area contributed by atoms with Crippen molar-refractivity contribution in [1.82, 2.24) is 4.90 Å². The summed E-state index contributed by atoms with van der Waals surface area (Å²) < 4.78 is 22.5. The van der Waals surface area contributed by atoms with E-state index < -0.39 is 9.84 Å². The highest BCUT2D eigenvalue weighted by Gasteiger charge is 2.24. The van der Waals surface area contributed by atoms with Crippen molar-refractivity contribution in [2.45, 2.75) is 38.6 Å². The Morgan fingerprint density at radius 1 is 1.28 bits per heavy atom. The highest BCUT2D eigenvalue weighted by atomic mass is 32.2.